The largest absolute Gasteiger partial charge is 0.325 e. The Labute approximate surface area is 187 Å². The Kier molecular flexibility index (Phi) is 6.84. The number of hydrogen-bond acceptors (Lipinski definition) is 4. The number of amides is 1. The first-order chi connectivity index (χ1) is 14.6. The lowest BCUT2D eigenvalue weighted by Gasteiger charge is -2.22. The number of thioether (sulfide) groups is 1. The highest BCUT2D eigenvalue weighted by molar-refractivity contribution is 9.10. The zero-order chi connectivity index (χ0) is 20.9. The topological polar surface area (TPSA) is 59.8 Å². The summed E-state index contributed by atoms with van der Waals surface area (Å²) in [5, 5.41) is 12.4. The van der Waals surface area contributed by atoms with Crippen molar-refractivity contribution in [3.05, 3.63) is 64.6 Å². The third kappa shape index (κ3) is 5.10. The Morgan fingerprint density at radius 3 is 2.63 bits per heavy atom. The molecule has 1 aliphatic rings. The van der Waals surface area contributed by atoms with Crippen molar-refractivity contribution >= 4 is 39.3 Å². The highest BCUT2D eigenvalue weighted by Crippen LogP contribution is 2.35. The maximum absolute atomic E-state index is 13.0. The Hall–Kier alpha value is -2.19. The molecule has 1 heterocycles. The van der Waals surface area contributed by atoms with Crippen LogP contribution in [0, 0.1) is 5.82 Å². The van der Waals surface area contributed by atoms with E-state index in [9.17, 15) is 9.18 Å². The molecule has 4 rings (SSSR count). The van der Waals surface area contributed by atoms with Crippen LogP contribution >= 0.6 is 27.7 Å². The molecule has 0 spiro atoms. The van der Waals surface area contributed by atoms with Gasteiger partial charge in [0, 0.05) is 16.1 Å². The molecule has 1 fully saturated rings. The zero-order valence-corrected chi connectivity index (χ0v) is 18.8. The number of anilines is 1. The van der Waals surface area contributed by atoms with Crippen molar-refractivity contribution in [2.24, 2.45) is 0 Å². The highest BCUT2D eigenvalue weighted by atomic mass is 79.9. The number of rotatable bonds is 6. The van der Waals surface area contributed by atoms with Gasteiger partial charge in [-0.05, 0) is 55.3 Å². The van der Waals surface area contributed by atoms with Crippen LogP contribution in [0.1, 0.15) is 43.8 Å². The fourth-order valence-electron chi connectivity index (χ4n) is 3.72. The second-order valence-corrected chi connectivity index (χ2v) is 9.19. The van der Waals surface area contributed by atoms with Gasteiger partial charge in [0.05, 0.1) is 11.4 Å². The SMILES string of the molecule is O=C(CSc1nnc(C2CCCCC2)n1-c1cccc(Br)c1)Nc1ccc(F)cc1. The van der Waals surface area contributed by atoms with E-state index < -0.39 is 0 Å². The lowest BCUT2D eigenvalue weighted by molar-refractivity contribution is -0.113. The molecule has 1 N–H and O–H groups in total. The fraction of sp³-hybridized carbons (Fsp3) is 0.318. The van der Waals surface area contributed by atoms with E-state index in [0.717, 1.165) is 28.8 Å². The van der Waals surface area contributed by atoms with Crippen molar-refractivity contribution in [3.8, 4) is 5.69 Å². The van der Waals surface area contributed by atoms with Gasteiger partial charge in [-0.2, -0.15) is 0 Å². The minimum absolute atomic E-state index is 0.172. The first-order valence-electron chi connectivity index (χ1n) is 9.99. The van der Waals surface area contributed by atoms with E-state index in [2.05, 4.69) is 36.0 Å². The van der Waals surface area contributed by atoms with Crippen molar-refractivity contribution in [2.75, 3.05) is 11.1 Å². The summed E-state index contributed by atoms with van der Waals surface area (Å²) in [4.78, 5) is 12.4. The molecule has 2 aromatic carbocycles. The average molecular weight is 489 g/mol. The molecular formula is C22H22BrFN4OS. The number of aromatic nitrogens is 3. The van der Waals surface area contributed by atoms with Gasteiger partial charge < -0.3 is 5.32 Å². The van der Waals surface area contributed by atoms with E-state index in [1.54, 1.807) is 12.1 Å². The van der Waals surface area contributed by atoms with Gasteiger partial charge in [0.25, 0.3) is 0 Å². The van der Waals surface area contributed by atoms with Gasteiger partial charge in [-0.15, -0.1) is 10.2 Å². The van der Waals surface area contributed by atoms with Crippen LogP contribution < -0.4 is 5.32 Å². The molecule has 1 amide bonds. The van der Waals surface area contributed by atoms with Crippen LogP contribution in [0.2, 0.25) is 0 Å². The number of nitrogens with one attached hydrogen (secondary N) is 1. The molecule has 1 aliphatic carbocycles. The monoisotopic (exact) mass is 488 g/mol. The summed E-state index contributed by atoms with van der Waals surface area (Å²) >= 11 is 4.90. The summed E-state index contributed by atoms with van der Waals surface area (Å²) in [6, 6.07) is 13.8. The van der Waals surface area contributed by atoms with Crippen LogP contribution in [0.15, 0.2) is 58.2 Å². The van der Waals surface area contributed by atoms with E-state index in [-0.39, 0.29) is 17.5 Å². The van der Waals surface area contributed by atoms with Crippen molar-refractivity contribution in [1.29, 1.82) is 0 Å². The molecule has 0 atom stereocenters. The Morgan fingerprint density at radius 1 is 1.13 bits per heavy atom. The van der Waals surface area contributed by atoms with Crippen molar-refractivity contribution in [3.63, 3.8) is 0 Å². The van der Waals surface area contributed by atoms with E-state index in [1.165, 1.54) is 43.2 Å². The minimum atomic E-state index is -0.334. The third-order valence-corrected chi connectivity index (χ3v) is 6.58. The highest BCUT2D eigenvalue weighted by Gasteiger charge is 2.24. The molecule has 0 bridgehead atoms. The summed E-state index contributed by atoms with van der Waals surface area (Å²) in [6.07, 6.45) is 5.91. The van der Waals surface area contributed by atoms with Crippen LogP contribution in [0.3, 0.4) is 0 Å². The first-order valence-corrected chi connectivity index (χ1v) is 11.8. The maximum Gasteiger partial charge on any atom is 0.234 e. The standard InChI is InChI=1S/C22H22BrFN4OS/c23-16-7-4-8-19(13-16)28-21(15-5-2-1-3-6-15)26-27-22(28)30-14-20(29)25-18-11-9-17(24)10-12-18/h4,7-13,15H,1-3,5-6,14H2,(H,25,29). The summed E-state index contributed by atoms with van der Waals surface area (Å²) < 4.78 is 16.1. The van der Waals surface area contributed by atoms with Crippen LogP contribution in [0.25, 0.3) is 5.69 Å². The second-order valence-electron chi connectivity index (χ2n) is 7.33. The molecule has 0 unspecified atom stereocenters. The number of halogens is 2. The molecule has 5 nitrogen and oxygen atoms in total. The van der Waals surface area contributed by atoms with Gasteiger partial charge in [0.2, 0.25) is 5.91 Å². The molecular weight excluding hydrogens is 467 g/mol. The predicted molar refractivity (Wildman–Crippen MR) is 121 cm³/mol. The van der Waals surface area contributed by atoms with Crippen LogP contribution in [0.4, 0.5) is 10.1 Å². The van der Waals surface area contributed by atoms with Gasteiger partial charge in [0.15, 0.2) is 5.16 Å². The predicted octanol–water partition coefficient (Wildman–Crippen LogP) is 5.95. The number of nitrogens with zero attached hydrogens (tertiary/aromatic N) is 3. The quantitative estimate of drug-likeness (QED) is 0.435. The molecule has 0 radical (unpaired) electrons. The van der Waals surface area contributed by atoms with Crippen LogP contribution in [-0.2, 0) is 4.79 Å². The smallest absolute Gasteiger partial charge is 0.234 e. The normalized spacial score (nSPS) is 14.6. The van der Waals surface area contributed by atoms with Crippen LogP contribution in [-0.4, -0.2) is 26.4 Å². The molecule has 1 saturated carbocycles. The minimum Gasteiger partial charge on any atom is -0.325 e. The molecule has 3 aromatic rings. The van der Waals surface area contributed by atoms with Crippen molar-refractivity contribution in [1.82, 2.24) is 14.8 Å². The van der Waals surface area contributed by atoms with Gasteiger partial charge in [0.1, 0.15) is 11.6 Å². The Balaban J connectivity index is 1.54. The van der Waals surface area contributed by atoms with E-state index in [0.29, 0.717) is 16.8 Å². The number of benzene rings is 2. The molecule has 30 heavy (non-hydrogen) atoms. The van der Waals surface area contributed by atoms with E-state index in [1.807, 2.05) is 24.3 Å². The second kappa shape index (κ2) is 9.75. The van der Waals surface area contributed by atoms with Gasteiger partial charge in [-0.25, -0.2) is 4.39 Å². The maximum atomic E-state index is 13.0. The average Bonchev–Trinajstić information content (AvgIpc) is 3.19. The first kappa shape index (κ1) is 21.1. The lowest BCUT2D eigenvalue weighted by atomic mass is 9.88. The van der Waals surface area contributed by atoms with E-state index >= 15 is 0 Å². The summed E-state index contributed by atoms with van der Waals surface area (Å²) in [5.41, 5.74) is 1.55. The summed E-state index contributed by atoms with van der Waals surface area (Å²) in [5.74, 6) is 1.03. The Bertz CT molecular complexity index is 1020. The summed E-state index contributed by atoms with van der Waals surface area (Å²) in [6.45, 7) is 0. The molecule has 8 heteroatoms. The fourth-order valence-corrected chi connectivity index (χ4v) is 4.86. The zero-order valence-electron chi connectivity index (χ0n) is 16.4. The Morgan fingerprint density at radius 2 is 1.90 bits per heavy atom. The third-order valence-electron chi connectivity index (χ3n) is 5.16. The number of carbonyl (C=O) groups excluding carboxylic acids is 1. The molecule has 0 saturated heterocycles. The number of carbonyl (C=O) groups is 1. The van der Waals surface area contributed by atoms with Gasteiger partial charge in [-0.3, -0.25) is 9.36 Å². The van der Waals surface area contributed by atoms with Gasteiger partial charge >= 0.3 is 0 Å². The molecule has 156 valence electrons. The summed E-state index contributed by atoms with van der Waals surface area (Å²) in [7, 11) is 0. The van der Waals surface area contributed by atoms with Crippen LogP contribution in [0.5, 0.6) is 0 Å². The lowest BCUT2D eigenvalue weighted by Crippen LogP contribution is -2.15. The molecule has 1 aromatic heterocycles. The number of hydrogen-bond donors (Lipinski definition) is 1. The van der Waals surface area contributed by atoms with Gasteiger partial charge in [-0.1, -0.05) is 53.0 Å². The molecule has 0 aliphatic heterocycles. The van der Waals surface area contributed by atoms with E-state index in [4.69, 9.17) is 0 Å². The van der Waals surface area contributed by atoms with Crippen molar-refractivity contribution in [2.45, 2.75) is 43.2 Å². The van der Waals surface area contributed by atoms with Crippen molar-refractivity contribution < 1.29 is 9.18 Å².